The Kier molecular flexibility index (Phi) is 4.27. The van der Waals surface area contributed by atoms with Crippen molar-refractivity contribution in [3.05, 3.63) is 23.8 Å². The summed E-state index contributed by atoms with van der Waals surface area (Å²) in [6.07, 6.45) is 2.36. The van der Waals surface area contributed by atoms with E-state index in [1.807, 2.05) is 12.1 Å². The zero-order valence-electron chi connectivity index (χ0n) is 11.5. The van der Waals surface area contributed by atoms with Crippen LogP contribution in [-0.2, 0) is 4.74 Å². The fourth-order valence-corrected chi connectivity index (χ4v) is 2.46. The molecule has 1 aromatic rings. The molecule has 1 heterocycles. The summed E-state index contributed by atoms with van der Waals surface area (Å²) in [5.74, 6) is -0.114. The maximum absolute atomic E-state index is 11.5. The molecule has 1 amide bonds. The molecule has 0 spiro atoms. The number of benzene rings is 1. The lowest BCUT2D eigenvalue weighted by Gasteiger charge is -2.33. The molecule has 0 unspecified atom stereocenters. The largest absolute Gasteiger partial charge is 0.397 e. The lowest BCUT2D eigenvalue weighted by Crippen LogP contribution is -2.37. The molecule has 0 bridgehead atoms. The van der Waals surface area contributed by atoms with Crippen LogP contribution in [0, 0.1) is 0 Å². The standard InChI is InChI=1S/C14H21N3O2/c1-16-14(18)10-3-4-13(12(15)9-10)17-7-5-11(19-2)6-8-17/h3-4,9,11H,5-8,15H2,1-2H3,(H,16,18). The van der Waals surface area contributed by atoms with Gasteiger partial charge in [-0.05, 0) is 31.0 Å². The SMILES string of the molecule is CNC(=O)c1ccc(N2CCC(OC)CC2)c(N)c1. The summed E-state index contributed by atoms with van der Waals surface area (Å²) in [7, 11) is 3.37. The fraction of sp³-hybridized carbons (Fsp3) is 0.500. The highest BCUT2D eigenvalue weighted by molar-refractivity contribution is 5.96. The second kappa shape index (κ2) is 5.93. The van der Waals surface area contributed by atoms with Gasteiger partial charge < -0.3 is 20.7 Å². The van der Waals surface area contributed by atoms with Gasteiger partial charge in [-0.15, -0.1) is 0 Å². The molecule has 1 aromatic carbocycles. The van der Waals surface area contributed by atoms with Crippen LogP contribution in [0.3, 0.4) is 0 Å². The van der Waals surface area contributed by atoms with Gasteiger partial charge in [0.15, 0.2) is 0 Å². The molecule has 0 saturated carbocycles. The van der Waals surface area contributed by atoms with E-state index in [2.05, 4.69) is 10.2 Å². The van der Waals surface area contributed by atoms with Crippen LogP contribution in [0.4, 0.5) is 11.4 Å². The van der Waals surface area contributed by atoms with Crippen LogP contribution >= 0.6 is 0 Å². The number of rotatable bonds is 3. The van der Waals surface area contributed by atoms with E-state index in [0.717, 1.165) is 31.6 Å². The molecule has 1 fully saturated rings. The van der Waals surface area contributed by atoms with Crippen LogP contribution in [0.2, 0.25) is 0 Å². The molecule has 104 valence electrons. The first-order chi connectivity index (χ1) is 9.15. The Morgan fingerprint density at radius 3 is 2.63 bits per heavy atom. The molecule has 0 aliphatic carbocycles. The first kappa shape index (κ1) is 13.7. The van der Waals surface area contributed by atoms with Gasteiger partial charge in [-0.25, -0.2) is 0 Å². The number of hydrogen-bond acceptors (Lipinski definition) is 4. The average molecular weight is 263 g/mol. The first-order valence-corrected chi connectivity index (χ1v) is 6.55. The Bertz CT molecular complexity index is 454. The van der Waals surface area contributed by atoms with E-state index in [-0.39, 0.29) is 5.91 Å². The number of piperidine rings is 1. The number of amides is 1. The summed E-state index contributed by atoms with van der Waals surface area (Å²) >= 11 is 0. The average Bonchev–Trinajstić information content (AvgIpc) is 2.46. The summed E-state index contributed by atoms with van der Waals surface area (Å²) in [6, 6.07) is 5.47. The van der Waals surface area contributed by atoms with Gasteiger partial charge in [-0.2, -0.15) is 0 Å². The third-order valence-corrected chi connectivity index (χ3v) is 3.63. The van der Waals surface area contributed by atoms with Gasteiger partial charge in [0.25, 0.3) is 5.91 Å². The quantitative estimate of drug-likeness (QED) is 0.805. The Labute approximate surface area is 113 Å². The molecular formula is C14H21N3O2. The monoisotopic (exact) mass is 263 g/mol. The maximum atomic E-state index is 11.5. The Morgan fingerprint density at radius 1 is 1.42 bits per heavy atom. The number of methoxy groups -OCH3 is 1. The molecule has 1 aliphatic rings. The number of carbonyl (C=O) groups excluding carboxylic acids is 1. The van der Waals surface area contributed by atoms with E-state index in [9.17, 15) is 4.79 Å². The van der Waals surface area contributed by atoms with E-state index in [1.165, 1.54) is 0 Å². The van der Waals surface area contributed by atoms with Crippen molar-refractivity contribution < 1.29 is 9.53 Å². The molecule has 0 radical (unpaired) electrons. The van der Waals surface area contributed by atoms with Crippen LogP contribution < -0.4 is 16.0 Å². The molecule has 1 aliphatic heterocycles. The minimum Gasteiger partial charge on any atom is -0.397 e. The summed E-state index contributed by atoms with van der Waals surface area (Å²) in [6.45, 7) is 1.87. The predicted octanol–water partition coefficient (Wildman–Crippen LogP) is 1.24. The molecule has 0 atom stereocenters. The number of nitrogens with two attached hydrogens (primary N) is 1. The number of ether oxygens (including phenoxy) is 1. The van der Waals surface area contributed by atoms with E-state index < -0.39 is 0 Å². The van der Waals surface area contributed by atoms with E-state index in [1.54, 1.807) is 20.2 Å². The van der Waals surface area contributed by atoms with Gasteiger partial charge in [-0.3, -0.25) is 4.79 Å². The van der Waals surface area contributed by atoms with Crippen LogP contribution in [0.25, 0.3) is 0 Å². The zero-order valence-corrected chi connectivity index (χ0v) is 11.5. The smallest absolute Gasteiger partial charge is 0.251 e. The van der Waals surface area contributed by atoms with Crippen molar-refractivity contribution in [2.45, 2.75) is 18.9 Å². The lowest BCUT2D eigenvalue weighted by atomic mass is 10.1. The second-order valence-corrected chi connectivity index (χ2v) is 4.77. The van der Waals surface area contributed by atoms with E-state index in [0.29, 0.717) is 17.4 Å². The number of nitrogens with one attached hydrogen (secondary N) is 1. The van der Waals surface area contributed by atoms with Crippen LogP contribution in [0.5, 0.6) is 0 Å². The molecule has 5 heteroatoms. The van der Waals surface area contributed by atoms with Crippen molar-refractivity contribution in [2.24, 2.45) is 0 Å². The topological polar surface area (TPSA) is 67.6 Å². The second-order valence-electron chi connectivity index (χ2n) is 4.77. The number of hydrogen-bond donors (Lipinski definition) is 2. The Hall–Kier alpha value is -1.75. The van der Waals surface area contributed by atoms with Crippen molar-refractivity contribution >= 4 is 17.3 Å². The molecule has 0 aromatic heterocycles. The van der Waals surface area contributed by atoms with Crippen molar-refractivity contribution in [1.29, 1.82) is 0 Å². The summed E-state index contributed by atoms with van der Waals surface area (Å²) in [5.41, 5.74) is 8.30. The van der Waals surface area contributed by atoms with Crippen LogP contribution in [0.15, 0.2) is 18.2 Å². The molecule has 5 nitrogen and oxygen atoms in total. The Balaban J connectivity index is 2.11. The minimum atomic E-state index is -0.114. The summed E-state index contributed by atoms with van der Waals surface area (Å²) < 4.78 is 5.36. The molecule has 2 rings (SSSR count). The molecule has 3 N–H and O–H groups in total. The Morgan fingerprint density at radius 2 is 2.11 bits per heavy atom. The number of nitrogen functional groups attached to an aromatic ring is 1. The predicted molar refractivity (Wildman–Crippen MR) is 76.5 cm³/mol. The highest BCUT2D eigenvalue weighted by Gasteiger charge is 2.20. The third kappa shape index (κ3) is 2.98. The fourth-order valence-electron chi connectivity index (χ4n) is 2.46. The highest BCUT2D eigenvalue weighted by Crippen LogP contribution is 2.27. The first-order valence-electron chi connectivity index (χ1n) is 6.55. The normalized spacial score (nSPS) is 16.4. The third-order valence-electron chi connectivity index (χ3n) is 3.63. The van der Waals surface area contributed by atoms with Gasteiger partial charge in [0.1, 0.15) is 0 Å². The van der Waals surface area contributed by atoms with Crippen molar-refractivity contribution in [2.75, 3.05) is 37.9 Å². The van der Waals surface area contributed by atoms with Crippen LogP contribution in [-0.4, -0.2) is 39.3 Å². The maximum Gasteiger partial charge on any atom is 0.251 e. The van der Waals surface area contributed by atoms with Gasteiger partial charge in [0.05, 0.1) is 17.5 Å². The van der Waals surface area contributed by atoms with Crippen LogP contribution in [0.1, 0.15) is 23.2 Å². The van der Waals surface area contributed by atoms with Gasteiger partial charge in [-0.1, -0.05) is 0 Å². The summed E-state index contributed by atoms with van der Waals surface area (Å²) in [5, 5.41) is 2.60. The minimum absolute atomic E-state index is 0.114. The summed E-state index contributed by atoms with van der Waals surface area (Å²) in [4.78, 5) is 13.8. The lowest BCUT2D eigenvalue weighted by molar-refractivity contribution is 0.0819. The molecular weight excluding hydrogens is 242 g/mol. The van der Waals surface area contributed by atoms with E-state index in [4.69, 9.17) is 10.5 Å². The molecule has 19 heavy (non-hydrogen) atoms. The van der Waals surface area contributed by atoms with Crippen molar-refractivity contribution in [1.82, 2.24) is 5.32 Å². The van der Waals surface area contributed by atoms with Crippen molar-refractivity contribution in [3.63, 3.8) is 0 Å². The van der Waals surface area contributed by atoms with E-state index >= 15 is 0 Å². The van der Waals surface area contributed by atoms with Gasteiger partial charge in [0.2, 0.25) is 0 Å². The number of carbonyl (C=O) groups is 1. The van der Waals surface area contributed by atoms with Crippen molar-refractivity contribution in [3.8, 4) is 0 Å². The molecule has 1 saturated heterocycles. The van der Waals surface area contributed by atoms with Gasteiger partial charge >= 0.3 is 0 Å². The van der Waals surface area contributed by atoms with Gasteiger partial charge in [0, 0.05) is 32.8 Å². The number of anilines is 2. The number of nitrogens with zero attached hydrogens (tertiary/aromatic N) is 1. The zero-order chi connectivity index (χ0) is 13.8. The highest BCUT2D eigenvalue weighted by atomic mass is 16.5.